The minimum Gasteiger partial charge on any atom is -0.393 e. The molecule has 0 amide bonds. The van der Waals surface area contributed by atoms with Crippen LogP contribution < -0.4 is 5.73 Å². The molecule has 0 saturated heterocycles. The summed E-state index contributed by atoms with van der Waals surface area (Å²) in [6.45, 7) is 1.75. The van der Waals surface area contributed by atoms with Gasteiger partial charge in [-0.25, -0.2) is 21.5 Å². The number of rotatable bonds is 5. The van der Waals surface area contributed by atoms with Crippen LogP contribution in [-0.4, -0.2) is 31.3 Å². The average Bonchev–Trinajstić information content (AvgIpc) is 2.32. The van der Waals surface area contributed by atoms with E-state index in [1.165, 1.54) is 7.05 Å². The Morgan fingerprint density at radius 2 is 2.00 bits per heavy atom. The highest BCUT2D eigenvalue weighted by molar-refractivity contribution is 7.89. The lowest BCUT2D eigenvalue weighted by atomic mass is 10.2. The van der Waals surface area contributed by atoms with Gasteiger partial charge in [0.05, 0.1) is 9.88 Å². The molecule has 1 aromatic rings. The summed E-state index contributed by atoms with van der Waals surface area (Å²) in [5.74, 6) is -2.63. The molecule has 0 heterocycles. The van der Waals surface area contributed by atoms with E-state index in [4.69, 9.17) is 18.0 Å². The van der Waals surface area contributed by atoms with Crippen molar-refractivity contribution in [2.45, 2.75) is 11.8 Å². The summed E-state index contributed by atoms with van der Waals surface area (Å²) in [5, 5.41) is 0. The number of halogens is 2. The minimum atomic E-state index is -3.90. The molecule has 1 atom stereocenters. The van der Waals surface area contributed by atoms with Gasteiger partial charge in [-0.15, -0.1) is 0 Å². The summed E-state index contributed by atoms with van der Waals surface area (Å²) >= 11 is 4.76. The minimum absolute atomic E-state index is 0.0661. The molecule has 1 aromatic carbocycles. The van der Waals surface area contributed by atoms with E-state index in [2.05, 4.69) is 0 Å². The van der Waals surface area contributed by atoms with Crippen LogP contribution in [0.4, 0.5) is 8.78 Å². The zero-order valence-electron chi connectivity index (χ0n) is 10.4. The molecule has 0 saturated carbocycles. The first-order valence-electron chi connectivity index (χ1n) is 5.37. The van der Waals surface area contributed by atoms with Crippen LogP contribution >= 0.6 is 12.2 Å². The van der Waals surface area contributed by atoms with Crippen LogP contribution in [0.25, 0.3) is 0 Å². The molecule has 4 nitrogen and oxygen atoms in total. The Morgan fingerprint density at radius 3 is 2.47 bits per heavy atom. The quantitative estimate of drug-likeness (QED) is 0.838. The van der Waals surface area contributed by atoms with Gasteiger partial charge in [0.15, 0.2) is 11.6 Å². The molecule has 0 radical (unpaired) electrons. The molecule has 0 fully saturated rings. The van der Waals surface area contributed by atoms with Crippen molar-refractivity contribution in [2.75, 3.05) is 13.6 Å². The number of nitrogens with zero attached hydrogens (tertiary/aromatic N) is 1. The first-order chi connectivity index (χ1) is 8.66. The van der Waals surface area contributed by atoms with Gasteiger partial charge in [-0.1, -0.05) is 19.1 Å². The van der Waals surface area contributed by atoms with Crippen LogP contribution in [0.2, 0.25) is 0 Å². The average molecular weight is 308 g/mol. The van der Waals surface area contributed by atoms with Crippen molar-refractivity contribution in [1.29, 1.82) is 0 Å². The van der Waals surface area contributed by atoms with E-state index in [0.29, 0.717) is 6.07 Å². The largest absolute Gasteiger partial charge is 0.393 e. The van der Waals surface area contributed by atoms with Crippen molar-refractivity contribution in [3.8, 4) is 0 Å². The summed E-state index contributed by atoms with van der Waals surface area (Å²) in [6.07, 6.45) is 0. The third kappa shape index (κ3) is 3.68. The number of hydrogen-bond donors (Lipinski definition) is 1. The van der Waals surface area contributed by atoms with E-state index in [-0.39, 0.29) is 22.3 Å². The SMILES string of the molecule is CC(CN(C)S(=O)(=O)c1ccc(F)c(F)c1)C(N)=S. The number of thiocarbonyl (C=S) groups is 1. The van der Waals surface area contributed by atoms with Gasteiger partial charge in [-0.2, -0.15) is 0 Å². The van der Waals surface area contributed by atoms with Gasteiger partial charge in [-0.3, -0.25) is 0 Å². The summed E-state index contributed by atoms with van der Waals surface area (Å²) < 4.78 is 51.1. The number of sulfonamides is 1. The molecule has 1 rings (SSSR count). The van der Waals surface area contributed by atoms with Crippen molar-refractivity contribution >= 4 is 27.2 Å². The second-order valence-corrected chi connectivity index (χ2v) is 6.68. The van der Waals surface area contributed by atoms with Crippen molar-refractivity contribution in [3.63, 3.8) is 0 Å². The first-order valence-corrected chi connectivity index (χ1v) is 7.21. The second kappa shape index (κ2) is 5.89. The third-order valence-electron chi connectivity index (χ3n) is 2.62. The lowest BCUT2D eigenvalue weighted by molar-refractivity contribution is 0.443. The Labute approximate surface area is 116 Å². The fourth-order valence-electron chi connectivity index (χ4n) is 1.39. The number of hydrogen-bond acceptors (Lipinski definition) is 3. The Morgan fingerprint density at radius 1 is 1.42 bits per heavy atom. The topological polar surface area (TPSA) is 63.4 Å². The monoisotopic (exact) mass is 308 g/mol. The molecule has 8 heteroatoms. The van der Waals surface area contributed by atoms with Crippen molar-refractivity contribution < 1.29 is 17.2 Å². The Bertz CT molecular complexity index is 590. The van der Waals surface area contributed by atoms with Crippen molar-refractivity contribution in [3.05, 3.63) is 29.8 Å². The molecule has 0 spiro atoms. The number of nitrogens with two attached hydrogens (primary N) is 1. The standard InChI is InChI=1S/C11H14F2N2O2S2/c1-7(11(14)18)6-15(2)19(16,17)8-3-4-9(12)10(13)5-8/h3-5,7H,6H2,1-2H3,(H2,14,18). The van der Waals surface area contributed by atoms with Gasteiger partial charge in [0.1, 0.15) is 0 Å². The van der Waals surface area contributed by atoms with Gasteiger partial charge in [0.25, 0.3) is 0 Å². The van der Waals surface area contributed by atoms with Crippen LogP contribution in [0.1, 0.15) is 6.92 Å². The molecular formula is C11H14F2N2O2S2. The van der Waals surface area contributed by atoms with Crippen LogP contribution in [0, 0.1) is 17.6 Å². The highest BCUT2D eigenvalue weighted by atomic mass is 32.2. The normalized spacial score (nSPS) is 13.5. The predicted octanol–water partition coefficient (Wildman–Crippen LogP) is 1.51. The van der Waals surface area contributed by atoms with E-state index in [1.54, 1.807) is 6.92 Å². The summed E-state index contributed by atoms with van der Waals surface area (Å²) in [5.41, 5.74) is 5.41. The zero-order chi connectivity index (χ0) is 14.8. The van der Waals surface area contributed by atoms with Crippen LogP contribution in [0.5, 0.6) is 0 Å². The lowest BCUT2D eigenvalue weighted by Gasteiger charge is -2.20. The maximum absolute atomic E-state index is 13.1. The van der Waals surface area contributed by atoms with Gasteiger partial charge in [0, 0.05) is 19.5 Å². The summed E-state index contributed by atoms with van der Waals surface area (Å²) in [6, 6.07) is 2.43. The molecule has 0 aliphatic carbocycles. The van der Waals surface area contributed by atoms with Gasteiger partial charge >= 0.3 is 0 Å². The fraction of sp³-hybridized carbons (Fsp3) is 0.364. The summed E-state index contributed by atoms with van der Waals surface area (Å²) in [4.78, 5) is -0.128. The van der Waals surface area contributed by atoms with Crippen LogP contribution in [-0.2, 0) is 10.0 Å². The van der Waals surface area contributed by atoms with E-state index in [0.717, 1.165) is 16.4 Å². The Hall–Kier alpha value is -1.12. The van der Waals surface area contributed by atoms with Gasteiger partial charge in [0.2, 0.25) is 10.0 Å². The second-order valence-electron chi connectivity index (χ2n) is 4.16. The molecule has 1 unspecified atom stereocenters. The van der Waals surface area contributed by atoms with E-state index >= 15 is 0 Å². The zero-order valence-corrected chi connectivity index (χ0v) is 12.1. The van der Waals surface area contributed by atoms with Gasteiger partial charge < -0.3 is 5.73 Å². The first kappa shape index (κ1) is 15.9. The Kier molecular flexibility index (Phi) is 4.94. The van der Waals surface area contributed by atoms with E-state index < -0.39 is 21.7 Å². The molecular weight excluding hydrogens is 294 g/mol. The molecule has 106 valence electrons. The van der Waals surface area contributed by atoms with Gasteiger partial charge in [-0.05, 0) is 18.2 Å². The number of benzene rings is 1. The highest BCUT2D eigenvalue weighted by Crippen LogP contribution is 2.18. The summed E-state index contributed by atoms with van der Waals surface area (Å²) in [7, 11) is -2.57. The smallest absolute Gasteiger partial charge is 0.242 e. The van der Waals surface area contributed by atoms with Crippen molar-refractivity contribution in [1.82, 2.24) is 4.31 Å². The lowest BCUT2D eigenvalue weighted by Crippen LogP contribution is -2.35. The molecule has 0 aromatic heterocycles. The van der Waals surface area contributed by atoms with E-state index in [9.17, 15) is 17.2 Å². The molecule has 0 aliphatic rings. The Balaban J connectivity index is 3.03. The highest BCUT2D eigenvalue weighted by Gasteiger charge is 2.24. The van der Waals surface area contributed by atoms with Crippen LogP contribution in [0.15, 0.2) is 23.1 Å². The van der Waals surface area contributed by atoms with Crippen molar-refractivity contribution in [2.24, 2.45) is 11.7 Å². The molecule has 19 heavy (non-hydrogen) atoms. The third-order valence-corrected chi connectivity index (χ3v) is 4.84. The maximum atomic E-state index is 13.1. The van der Waals surface area contributed by atoms with Crippen LogP contribution in [0.3, 0.4) is 0 Å². The molecule has 0 bridgehead atoms. The van der Waals surface area contributed by atoms with E-state index in [1.807, 2.05) is 0 Å². The molecule has 0 aliphatic heterocycles. The predicted molar refractivity (Wildman–Crippen MR) is 72.1 cm³/mol. The fourth-order valence-corrected chi connectivity index (χ4v) is 2.74. The molecule has 2 N–H and O–H groups in total. The maximum Gasteiger partial charge on any atom is 0.242 e.